The molecule has 3 rings (SSSR count). The summed E-state index contributed by atoms with van der Waals surface area (Å²) in [5.41, 5.74) is 3.97. The number of aromatic nitrogens is 3. The van der Waals surface area contributed by atoms with Gasteiger partial charge in [0.2, 0.25) is 0 Å². The first-order chi connectivity index (χ1) is 11.2. The van der Waals surface area contributed by atoms with E-state index in [1.807, 2.05) is 24.3 Å². The molecular formula is C17H14F2N4. The monoisotopic (exact) mass is 312 g/mol. The second-order valence-electron chi connectivity index (χ2n) is 5.09. The number of aliphatic imine (C=N–C) groups is 1. The normalized spacial score (nSPS) is 11.3. The third-order valence-electron chi connectivity index (χ3n) is 3.43. The Bertz CT molecular complexity index is 855. The Morgan fingerprint density at radius 3 is 2.70 bits per heavy atom. The quantitative estimate of drug-likeness (QED) is 0.751. The molecule has 2 aromatic carbocycles. The molecule has 0 amide bonds. The summed E-state index contributed by atoms with van der Waals surface area (Å²) in [6.07, 6.45) is 2.15. The van der Waals surface area contributed by atoms with Crippen LogP contribution >= 0.6 is 0 Å². The van der Waals surface area contributed by atoms with Crippen LogP contribution in [-0.4, -0.2) is 28.7 Å². The maximum Gasteiger partial charge on any atom is 0.159 e. The minimum atomic E-state index is -0.839. The molecule has 0 aliphatic rings. The van der Waals surface area contributed by atoms with Crippen molar-refractivity contribution < 1.29 is 8.78 Å². The summed E-state index contributed by atoms with van der Waals surface area (Å²) in [6, 6.07) is 11.6. The van der Waals surface area contributed by atoms with Crippen LogP contribution in [0, 0.1) is 11.6 Å². The van der Waals surface area contributed by atoms with E-state index < -0.39 is 11.6 Å². The van der Waals surface area contributed by atoms with Crippen LogP contribution in [0.15, 0.2) is 47.5 Å². The third-order valence-corrected chi connectivity index (χ3v) is 3.43. The molecule has 0 saturated heterocycles. The Hall–Kier alpha value is -2.89. The molecule has 3 aromatic rings. The Morgan fingerprint density at radius 1 is 1.09 bits per heavy atom. The zero-order valence-corrected chi connectivity index (χ0v) is 12.4. The molecule has 116 valence electrons. The van der Waals surface area contributed by atoms with Crippen LogP contribution in [-0.2, 0) is 6.42 Å². The van der Waals surface area contributed by atoms with Crippen molar-refractivity contribution in [3.63, 3.8) is 0 Å². The van der Waals surface area contributed by atoms with Gasteiger partial charge >= 0.3 is 0 Å². The van der Waals surface area contributed by atoms with Gasteiger partial charge in [0, 0.05) is 18.8 Å². The van der Waals surface area contributed by atoms with Crippen molar-refractivity contribution in [3.05, 3.63) is 70.9 Å². The van der Waals surface area contributed by atoms with Gasteiger partial charge in [-0.05, 0) is 35.7 Å². The van der Waals surface area contributed by atoms with E-state index in [9.17, 15) is 8.78 Å². The lowest BCUT2D eigenvalue weighted by atomic mass is 10.0. The van der Waals surface area contributed by atoms with Crippen molar-refractivity contribution in [2.75, 3.05) is 7.05 Å². The van der Waals surface area contributed by atoms with Crippen LogP contribution in [0.4, 0.5) is 8.78 Å². The van der Waals surface area contributed by atoms with Crippen LogP contribution in [0.3, 0.4) is 0 Å². The first-order valence-corrected chi connectivity index (χ1v) is 7.04. The first-order valence-electron chi connectivity index (χ1n) is 7.04. The molecule has 0 saturated carbocycles. The number of aromatic amines is 1. The lowest BCUT2D eigenvalue weighted by molar-refractivity contribution is 0.507. The molecule has 0 aliphatic heterocycles. The number of hydrogen-bond donors (Lipinski definition) is 1. The fourth-order valence-corrected chi connectivity index (χ4v) is 2.38. The van der Waals surface area contributed by atoms with Gasteiger partial charge < -0.3 is 0 Å². The van der Waals surface area contributed by atoms with E-state index in [0.29, 0.717) is 17.7 Å². The van der Waals surface area contributed by atoms with Crippen molar-refractivity contribution >= 4 is 6.21 Å². The van der Waals surface area contributed by atoms with E-state index in [-0.39, 0.29) is 0 Å². The highest BCUT2D eigenvalue weighted by atomic mass is 19.2. The molecule has 6 heteroatoms. The van der Waals surface area contributed by atoms with E-state index in [4.69, 9.17) is 0 Å². The SMILES string of the molecule is C/N=C/c1[nH]nnc1-c1cccc(Cc2ccc(F)c(F)c2)c1. The molecule has 0 bridgehead atoms. The summed E-state index contributed by atoms with van der Waals surface area (Å²) in [5.74, 6) is -1.68. The summed E-state index contributed by atoms with van der Waals surface area (Å²) < 4.78 is 26.3. The molecule has 23 heavy (non-hydrogen) atoms. The topological polar surface area (TPSA) is 53.9 Å². The number of benzene rings is 2. The average molecular weight is 312 g/mol. The molecule has 4 nitrogen and oxygen atoms in total. The predicted octanol–water partition coefficient (Wildman–Crippen LogP) is 3.39. The fourth-order valence-electron chi connectivity index (χ4n) is 2.38. The van der Waals surface area contributed by atoms with E-state index >= 15 is 0 Å². The smallest absolute Gasteiger partial charge is 0.159 e. The van der Waals surface area contributed by atoms with Gasteiger partial charge in [-0.3, -0.25) is 10.1 Å². The Morgan fingerprint density at radius 2 is 1.91 bits per heavy atom. The number of rotatable bonds is 4. The maximum atomic E-state index is 13.3. The summed E-state index contributed by atoms with van der Waals surface area (Å²) in [6.45, 7) is 0. The van der Waals surface area contributed by atoms with Crippen molar-refractivity contribution in [3.8, 4) is 11.3 Å². The molecule has 1 heterocycles. The van der Waals surface area contributed by atoms with E-state index in [1.165, 1.54) is 6.07 Å². The second-order valence-corrected chi connectivity index (χ2v) is 5.09. The van der Waals surface area contributed by atoms with Crippen molar-refractivity contribution in [1.82, 2.24) is 15.4 Å². The first kappa shape index (κ1) is 15.0. The van der Waals surface area contributed by atoms with Gasteiger partial charge in [-0.2, -0.15) is 0 Å². The molecule has 0 atom stereocenters. The molecular weight excluding hydrogens is 298 g/mol. The Labute approximate surface area is 131 Å². The number of halogens is 2. The number of nitrogens with zero attached hydrogens (tertiary/aromatic N) is 3. The highest BCUT2D eigenvalue weighted by molar-refractivity contribution is 5.86. The van der Waals surface area contributed by atoms with Crippen LogP contribution in [0.5, 0.6) is 0 Å². The van der Waals surface area contributed by atoms with Crippen LogP contribution in [0.2, 0.25) is 0 Å². The molecule has 0 aliphatic carbocycles. The third kappa shape index (κ3) is 3.31. The lowest BCUT2D eigenvalue weighted by Crippen LogP contribution is -1.93. The molecule has 0 unspecified atom stereocenters. The van der Waals surface area contributed by atoms with Crippen LogP contribution in [0.25, 0.3) is 11.3 Å². The van der Waals surface area contributed by atoms with Gasteiger partial charge in [-0.1, -0.05) is 29.5 Å². The van der Waals surface area contributed by atoms with Crippen molar-refractivity contribution in [1.29, 1.82) is 0 Å². The lowest BCUT2D eigenvalue weighted by Gasteiger charge is -2.05. The van der Waals surface area contributed by atoms with E-state index in [0.717, 1.165) is 22.9 Å². The fraction of sp³-hybridized carbons (Fsp3) is 0.118. The summed E-state index contributed by atoms with van der Waals surface area (Å²) in [7, 11) is 1.67. The van der Waals surface area contributed by atoms with Crippen molar-refractivity contribution in [2.45, 2.75) is 6.42 Å². The Balaban J connectivity index is 1.90. The van der Waals surface area contributed by atoms with Gasteiger partial charge in [-0.25, -0.2) is 8.78 Å². The van der Waals surface area contributed by atoms with Gasteiger partial charge in [0.1, 0.15) is 11.4 Å². The zero-order chi connectivity index (χ0) is 16.2. The predicted molar refractivity (Wildman–Crippen MR) is 84.5 cm³/mol. The van der Waals surface area contributed by atoms with Gasteiger partial charge in [0.05, 0.1) is 0 Å². The van der Waals surface area contributed by atoms with E-state index in [1.54, 1.807) is 19.3 Å². The number of hydrogen-bond acceptors (Lipinski definition) is 3. The van der Waals surface area contributed by atoms with Crippen LogP contribution in [0.1, 0.15) is 16.8 Å². The number of H-pyrrole nitrogens is 1. The summed E-state index contributed by atoms with van der Waals surface area (Å²) >= 11 is 0. The molecule has 0 radical (unpaired) electrons. The Kier molecular flexibility index (Phi) is 4.23. The summed E-state index contributed by atoms with van der Waals surface area (Å²) in [5, 5.41) is 10.7. The van der Waals surface area contributed by atoms with Gasteiger partial charge in [-0.15, -0.1) is 5.10 Å². The number of nitrogens with one attached hydrogen (secondary N) is 1. The highest BCUT2D eigenvalue weighted by Crippen LogP contribution is 2.22. The standard InChI is InChI=1S/C17H14F2N4/c1-20-10-16-17(22-23-21-16)13-4-2-3-11(8-13)7-12-5-6-14(18)15(19)9-12/h2-6,8-10H,7H2,1H3,(H,21,22,23)/b20-10+. The molecule has 0 fully saturated rings. The molecule has 1 aromatic heterocycles. The average Bonchev–Trinajstić information content (AvgIpc) is 3.00. The zero-order valence-electron chi connectivity index (χ0n) is 12.4. The van der Waals surface area contributed by atoms with E-state index in [2.05, 4.69) is 20.4 Å². The van der Waals surface area contributed by atoms with Gasteiger partial charge in [0.25, 0.3) is 0 Å². The molecule has 0 spiro atoms. The molecule has 1 N–H and O–H groups in total. The van der Waals surface area contributed by atoms with Crippen molar-refractivity contribution in [2.24, 2.45) is 4.99 Å². The second kappa shape index (κ2) is 6.48. The minimum absolute atomic E-state index is 0.500. The maximum absolute atomic E-state index is 13.3. The highest BCUT2D eigenvalue weighted by Gasteiger charge is 2.09. The van der Waals surface area contributed by atoms with Crippen LogP contribution < -0.4 is 0 Å². The minimum Gasteiger partial charge on any atom is -0.294 e. The largest absolute Gasteiger partial charge is 0.294 e. The summed E-state index contributed by atoms with van der Waals surface area (Å²) in [4.78, 5) is 3.96. The van der Waals surface area contributed by atoms with Gasteiger partial charge in [0.15, 0.2) is 11.6 Å².